The van der Waals surface area contributed by atoms with Crippen LogP contribution in [0.15, 0.2) is 30.4 Å². The Balaban J connectivity index is 0.000000281. The first-order valence-corrected chi connectivity index (χ1v) is 4.49. The lowest BCUT2D eigenvalue weighted by Crippen LogP contribution is -2.19. The van der Waals surface area contributed by atoms with Crippen LogP contribution in [0.2, 0.25) is 0 Å². The molecule has 0 fully saturated rings. The van der Waals surface area contributed by atoms with Gasteiger partial charge in [-0.15, -0.1) is 0 Å². The van der Waals surface area contributed by atoms with E-state index in [1.165, 1.54) is 11.4 Å². The maximum absolute atomic E-state index is 9.53. The third kappa shape index (κ3) is 8.43. The van der Waals surface area contributed by atoms with Crippen LogP contribution < -0.4 is 10.1 Å². The van der Waals surface area contributed by atoms with Gasteiger partial charge in [0.1, 0.15) is 0 Å². The first-order valence-electron chi connectivity index (χ1n) is 4.49. The number of hydrogen-bond acceptors (Lipinski definition) is 3. The van der Waals surface area contributed by atoms with Crippen LogP contribution in [0, 0.1) is 13.8 Å². The van der Waals surface area contributed by atoms with E-state index in [9.17, 15) is 14.7 Å². The maximum Gasteiger partial charge on any atom is 0.328 e. The summed E-state index contributed by atoms with van der Waals surface area (Å²) in [5.74, 6) is -2.80. The number of carbonyl (C=O) groups is 2. The highest BCUT2D eigenvalue weighted by Gasteiger charge is 1.90. The topological polar surface area (TPSA) is 91.6 Å². The first-order chi connectivity index (χ1) is 7.41. The predicted octanol–water partition coefficient (Wildman–Crippen LogP) is -0.505. The molecule has 0 aromatic carbocycles. The van der Waals surface area contributed by atoms with Crippen LogP contribution in [0.25, 0.3) is 0 Å². The number of aromatic nitrogens is 1. The summed E-state index contributed by atoms with van der Waals surface area (Å²) in [7, 11) is 0. The summed E-state index contributed by atoms with van der Waals surface area (Å²) in [6.45, 7) is 4.10. The fourth-order valence-corrected chi connectivity index (χ4v) is 0.870. The molecule has 0 aliphatic rings. The van der Waals surface area contributed by atoms with E-state index in [4.69, 9.17) is 5.11 Å². The molecule has 0 atom stereocenters. The van der Waals surface area contributed by atoms with E-state index in [1.54, 1.807) is 0 Å². The fourth-order valence-electron chi connectivity index (χ4n) is 0.870. The van der Waals surface area contributed by atoms with Crippen LogP contribution in [0.1, 0.15) is 11.4 Å². The molecule has 5 nitrogen and oxygen atoms in total. The van der Waals surface area contributed by atoms with Gasteiger partial charge in [-0.25, -0.2) is 9.78 Å². The van der Waals surface area contributed by atoms with Crippen LogP contribution in [0.3, 0.4) is 0 Å². The molecule has 0 spiro atoms. The Hall–Kier alpha value is -2.17. The standard InChI is InChI=1S/C7H9N.C4H4O4/c1-6-4-3-5-7(2)8-6;5-3(6)1-2-4(7)8/h3-5H,1-2H3;1-2H,(H,5,6)(H,7,8)/b;2-1+. The number of carbonyl (C=O) groups excluding carboxylic acids is 1. The second-order valence-corrected chi connectivity index (χ2v) is 3.01. The lowest BCUT2D eigenvalue weighted by atomic mass is 10.3. The molecule has 86 valence electrons. The van der Waals surface area contributed by atoms with Gasteiger partial charge in [0.2, 0.25) is 0 Å². The number of H-pyrrole nitrogens is 1. The monoisotopic (exact) mass is 223 g/mol. The highest BCUT2D eigenvalue weighted by molar-refractivity contribution is 5.88. The number of aliphatic carboxylic acids is 2. The van der Waals surface area contributed by atoms with E-state index in [-0.39, 0.29) is 0 Å². The van der Waals surface area contributed by atoms with Crippen molar-refractivity contribution in [1.82, 2.24) is 0 Å². The van der Waals surface area contributed by atoms with Gasteiger partial charge >= 0.3 is 5.97 Å². The van der Waals surface area contributed by atoms with Crippen molar-refractivity contribution in [1.29, 1.82) is 0 Å². The molecular formula is C11H13NO4. The van der Waals surface area contributed by atoms with Crippen molar-refractivity contribution in [2.45, 2.75) is 13.8 Å². The zero-order valence-corrected chi connectivity index (χ0v) is 9.06. The van der Waals surface area contributed by atoms with Crippen LogP contribution >= 0.6 is 0 Å². The van der Waals surface area contributed by atoms with Crippen molar-refractivity contribution in [2.75, 3.05) is 0 Å². The maximum atomic E-state index is 9.53. The Bertz CT molecular complexity index is 365. The van der Waals surface area contributed by atoms with Gasteiger partial charge in [-0.2, -0.15) is 0 Å². The van der Waals surface area contributed by atoms with Crippen molar-refractivity contribution in [2.24, 2.45) is 0 Å². The first kappa shape index (κ1) is 13.8. The molecule has 0 aliphatic carbocycles. The molecule has 5 heteroatoms. The van der Waals surface area contributed by atoms with Gasteiger partial charge in [0.25, 0.3) is 0 Å². The smallest absolute Gasteiger partial charge is 0.328 e. The molecule has 0 bridgehead atoms. The van der Waals surface area contributed by atoms with E-state index in [1.807, 2.05) is 32.0 Å². The third-order valence-corrected chi connectivity index (χ3v) is 1.45. The number of pyridine rings is 1. The Labute approximate surface area is 93.1 Å². The zero-order chi connectivity index (χ0) is 12.6. The summed E-state index contributed by atoms with van der Waals surface area (Å²) in [6.07, 6.45) is 0.942. The van der Waals surface area contributed by atoms with Crippen LogP contribution in [-0.4, -0.2) is 17.0 Å². The summed E-state index contributed by atoms with van der Waals surface area (Å²) in [5, 5.41) is 17.2. The van der Waals surface area contributed by atoms with Crippen LogP contribution in [0.5, 0.6) is 0 Å². The van der Waals surface area contributed by atoms with E-state index in [0.717, 1.165) is 0 Å². The van der Waals surface area contributed by atoms with E-state index >= 15 is 0 Å². The van der Waals surface area contributed by atoms with Gasteiger partial charge in [0.05, 0.1) is 5.97 Å². The SMILES string of the molecule is Cc1cccc(C)[nH+]1.O=C([O-])/C=C/C(=O)O. The van der Waals surface area contributed by atoms with Crippen molar-refractivity contribution in [3.63, 3.8) is 0 Å². The largest absolute Gasteiger partial charge is 0.545 e. The average molecular weight is 223 g/mol. The molecule has 16 heavy (non-hydrogen) atoms. The van der Waals surface area contributed by atoms with Gasteiger partial charge in [0.15, 0.2) is 11.4 Å². The number of aryl methyl sites for hydroxylation is 2. The Morgan fingerprint density at radius 1 is 1.25 bits per heavy atom. The van der Waals surface area contributed by atoms with Crippen LogP contribution in [0.4, 0.5) is 0 Å². The summed E-state index contributed by atoms with van der Waals surface area (Å²) in [4.78, 5) is 22.1. The van der Waals surface area contributed by atoms with Crippen molar-refractivity contribution in [3.8, 4) is 0 Å². The molecule has 1 heterocycles. The molecule has 1 aromatic heterocycles. The lowest BCUT2D eigenvalue weighted by molar-refractivity contribution is -0.396. The Morgan fingerprint density at radius 3 is 1.94 bits per heavy atom. The summed E-state index contributed by atoms with van der Waals surface area (Å²) >= 11 is 0. The molecule has 0 saturated heterocycles. The van der Waals surface area contributed by atoms with Crippen molar-refractivity contribution in [3.05, 3.63) is 41.7 Å². The molecule has 0 unspecified atom stereocenters. The quantitative estimate of drug-likeness (QED) is 0.684. The highest BCUT2D eigenvalue weighted by Crippen LogP contribution is 1.87. The van der Waals surface area contributed by atoms with Crippen molar-refractivity contribution >= 4 is 11.9 Å². The number of carboxylic acids is 2. The minimum atomic E-state index is -1.51. The molecule has 0 radical (unpaired) electrons. The van der Waals surface area contributed by atoms with Gasteiger partial charge < -0.3 is 15.0 Å². The van der Waals surface area contributed by atoms with Gasteiger partial charge in [-0.1, -0.05) is 0 Å². The molecule has 1 aromatic rings. The number of carboxylic acid groups (broad SMARTS) is 2. The number of nitrogens with one attached hydrogen (secondary N) is 1. The van der Waals surface area contributed by atoms with Gasteiger partial charge in [0, 0.05) is 32.1 Å². The molecule has 1 rings (SSSR count). The van der Waals surface area contributed by atoms with E-state index in [0.29, 0.717) is 12.2 Å². The normalized spacial score (nSPS) is 9.38. The minimum absolute atomic E-state index is 0.447. The van der Waals surface area contributed by atoms with E-state index in [2.05, 4.69) is 4.98 Å². The molecule has 0 amide bonds. The third-order valence-electron chi connectivity index (χ3n) is 1.45. The molecule has 2 N–H and O–H groups in total. The highest BCUT2D eigenvalue weighted by atomic mass is 16.4. The van der Waals surface area contributed by atoms with Crippen molar-refractivity contribution < 1.29 is 24.8 Å². The zero-order valence-electron chi connectivity index (χ0n) is 9.06. The van der Waals surface area contributed by atoms with E-state index < -0.39 is 11.9 Å². The minimum Gasteiger partial charge on any atom is -0.545 e. The predicted molar refractivity (Wildman–Crippen MR) is 54.3 cm³/mol. The summed E-state index contributed by atoms with van der Waals surface area (Å²) in [5.41, 5.74) is 2.43. The molecule has 0 saturated carbocycles. The number of rotatable bonds is 2. The molecular weight excluding hydrogens is 210 g/mol. The Kier molecular flexibility index (Phi) is 6.19. The van der Waals surface area contributed by atoms with Gasteiger partial charge in [-0.05, 0) is 12.1 Å². The average Bonchev–Trinajstić information content (AvgIpc) is 2.15. The second kappa shape index (κ2) is 7.17. The number of aromatic amines is 1. The van der Waals surface area contributed by atoms with Gasteiger partial charge in [-0.3, -0.25) is 0 Å². The number of hydrogen-bond donors (Lipinski definition) is 1. The summed E-state index contributed by atoms with van der Waals surface area (Å²) in [6, 6.07) is 6.14. The Morgan fingerprint density at radius 2 is 1.75 bits per heavy atom. The van der Waals surface area contributed by atoms with Crippen LogP contribution in [-0.2, 0) is 9.59 Å². The summed E-state index contributed by atoms with van der Waals surface area (Å²) < 4.78 is 0. The molecule has 0 aliphatic heterocycles. The second-order valence-electron chi connectivity index (χ2n) is 3.01. The lowest BCUT2D eigenvalue weighted by Gasteiger charge is -1.85. The fraction of sp³-hybridized carbons (Fsp3) is 0.182.